The molecule has 5 heteroatoms. The third-order valence-corrected chi connectivity index (χ3v) is 4.72. The Morgan fingerprint density at radius 3 is 2.41 bits per heavy atom. The summed E-state index contributed by atoms with van der Waals surface area (Å²) < 4.78 is 5.89. The van der Waals surface area contributed by atoms with Gasteiger partial charge in [-0.2, -0.15) is 0 Å². The van der Waals surface area contributed by atoms with Crippen molar-refractivity contribution in [3.05, 3.63) is 95.1 Å². The minimum Gasteiger partial charge on any atom is -0.508 e. The molecule has 3 N–H and O–H groups in total. The van der Waals surface area contributed by atoms with Gasteiger partial charge in [0.25, 0.3) is 0 Å². The highest BCUT2D eigenvalue weighted by Gasteiger charge is 2.23. The third-order valence-electron chi connectivity index (χ3n) is 4.72. The number of aromatic hydroxyl groups is 2. The molecule has 144 valence electrons. The number of phenols is 2. The van der Waals surface area contributed by atoms with E-state index in [1.165, 1.54) is 0 Å². The number of benzene rings is 3. The van der Waals surface area contributed by atoms with Gasteiger partial charge in [-0.1, -0.05) is 30.3 Å². The first-order valence-corrected chi connectivity index (χ1v) is 9.01. The van der Waals surface area contributed by atoms with Crippen LogP contribution in [0.5, 0.6) is 17.2 Å². The summed E-state index contributed by atoms with van der Waals surface area (Å²) in [5.41, 5.74) is 5.26. The molecule has 1 aliphatic heterocycles. The van der Waals surface area contributed by atoms with Crippen LogP contribution in [0.3, 0.4) is 0 Å². The third kappa shape index (κ3) is 3.84. The lowest BCUT2D eigenvalue weighted by Gasteiger charge is -2.25. The van der Waals surface area contributed by atoms with Crippen LogP contribution >= 0.6 is 0 Å². The molecule has 4 rings (SSSR count). The highest BCUT2D eigenvalue weighted by molar-refractivity contribution is 6.02. The number of fused-ring (bicyclic) bond motifs is 1. The van der Waals surface area contributed by atoms with Crippen molar-refractivity contribution in [3.8, 4) is 17.2 Å². The fourth-order valence-corrected chi connectivity index (χ4v) is 3.41. The van der Waals surface area contributed by atoms with Crippen molar-refractivity contribution in [2.75, 3.05) is 6.61 Å². The fourth-order valence-electron chi connectivity index (χ4n) is 3.41. The van der Waals surface area contributed by atoms with Gasteiger partial charge in [0.05, 0.1) is 0 Å². The second-order valence-electron chi connectivity index (χ2n) is 6.67. The zero-order chi connectivity index (χ0) is 20.4. The van der Waals surface area contributed by atoms with E-state index < -0.39 is 5.97 Å². The van der Waals surface area contributed by atoms with Gasteiger partial charge >= 0.3 is 5.97 Å². The standard InChI is InChI=1S/C24H18O5/c25-18-7-5-16(6-8-18)21-14-29-22-13-19(26)9-10-20(22)24(21)17-3-1-2-15(12-17)4-11-23(27)28/h1-13,25-26H,14H2,(H,27,28). The summed E-state index contributed by atoms with van der Waals surface area (Å²) in [4.78, 5) is 10.9. The Hall–Kier alpha value is -3.99. The molecule has 0 amide bonds. The lowest BCUT2D eigenvalue weighted by atomic mass is 9.87. The SMILES string of the molecule is O=C(O)C=Cc1cccc(C2=C(c3ccc(O)cc3)COc3cc(O)ccc32)c1. The fraction of sp³-hybridized carbons (Fsp3) is 0.0417. The topological polar surface area (TPSA) is 87.0 Å². The lowest BCUT2D eigenvalue weighted by molar-refractivity contribution is -0.131. The second kappa shape index (κ2) is 7.56. The number of ether oxygens (including phenoxy) is 1. The van der Waals surface area contributed by atoms with Gasteiger partial charge in [-0.25, -0.2) is 4.79 Å². The summed E-state index contributed by atoms with van der Waals surface area (Å²) >= 11 is 0. The zero-order valence-corrected chi connectivity index (χ0v) is 15.4. The predicted molar refractivity (Wildman–Crippen MR) is 111 cm³/mol. The van der Waals surface area contributed by atoms with Crippen molar-refractivity contribution in [1.82, 2.24) is 0 Å². The minimum atomic E-state index is -1.01. The molecule has 1 aliphatic rings. The van der Waals surface area contributed by atoms with Crippen molar-refractivity contribution in [1.29, 1.82) is 0 Å². The maximum Gasteiger partial charge on any atom is 0.328 e. The normalized spacial score (nSPS) is 13.2. The van der Waals surface area contributed by atoms with Crippen LogP contribution in [0.25, 0.3) is 17.2 Å². The van der Waals surface area contributed by atoms with E-state index in [4.69, 9.17) is 9.84 Å². The lowest BCUT2D eigenvalue weighted by Crippen LogP contribution is -2.11. The van der Waals surface area contributed by atoms with E-state index in [9.17, 15) is 15.0 Å². The average Bonchev–Trinajstić information content (AvgIpc) is 2.72. The minimum absolute atomic E-state index is 0.120. The average molecular weight is 386 g/mol. The molecule has 0 radical (unpaired) electrons. The van der Waals surface area contributed by atoms with Crippen LogP contribution in [0.2, 0.25) is 0 Å². The predicted octanol–water partition coefficient (Wildman–Crippen LogP) is 4.55. The molecule has 29 heavy (non-hydrogen) atoms. The molecule has 0 fully saturated rings. The van der Waals surface area contributed by atoms with Crippen LogP contribution in [-0.4, -0.2) is 27.9 Å². The molecule has 0 unspecified atom stereocenters. The monoisotopic (exact) mass is 386 g/mol. The Kier molecular flexibility index (Phi) is 4.79. The molecule has 3 aromatic rings. The van der Waals surface area contributed by atoms with Crippen LogP contribution in [-0.2, 0) is 4.79 Å². The Balaban J connectivity index is 1.92. The van der Waals surface area contributed by atoms with Gasteiger partial charge < -0.3 is 20.1 Å². The summed E-state index contributed by atoms with van der Waals surface area (Å²) in [6, 6.07) is 19.5. The highest BCUT2D eigenvalue weighted by atomic mass is 16.5. The van der Waals surface area contributed by atoms with E-state index in [-0.39, 0.29) is 11.5 Å². The molecule has 5 nitrogen and oxygen atoms in total. The van der Waals surface area contributed by atoms with E-state index in [0.29, 0.717) is 12.4 Å². The van der Waals surface area contributed by atoms with Gasteiger partial charge in [-0.15, -0.1) is 0 Å². The number of phenolic OH excluding ortho intramolecular Hbond substituents is 2. The molecule has 0 saturated carbocycles. The number of aliphatic carboxylic acids is 1. The van der Waals surface area contributed by atoms with Crippen LogP contribution in [0.1, 0.15) is 22.3 Å². The number of carboxylic acid groups (broad SMARTS) is 1. The van der Waals surface area contributed by atoms with E-state index in [2.05, 4.69) is 0 Å². The van der Waals surface area contributed by atoms with Gasteiger partial charge in [-0.05, 0) is 58.7 Å². The second-order valence-corrected chi connectivity index (χ2v) is 6.67. The van der Waals surface area contributed by atoms with Crippen molar-refractivity contribution in [3.63, 3.8) is 0 Å². The van der Waals surface area contributed by atoms with E-state index in [0.717, 1.165) is 39.5 Å². The Morgan fingerprint density at radius 2 is 1.66 bits per heavy atom. The summed E-state index contributed by atoms with van der Waals surface area (Å²) in [6.07, 6.45) is 2.65. The molecule has 0 spiro atoms. The van der Waals surface area contributed by atoms with Gasteiger partial charge in [-0.3, -0.25) is 0 Å². The molecule has 3 aromatic carbocycles. The number of rotatable bonds is 4. The van der Waals surface area contributed by atoms with Crippen LogP contribution < -0.4 is 4.74 Å². The first-order valence-electron chi connectivity index (χ1n) is 9.01. The molecular weight excluding hydrogens is 368 g/mol. The molecule has 1 heterocycles. The molecule has 0 bridgehead atoms. The molecular formula is C24H18O5. The number of hydrogen-bond acceptors (Lipinski definition) is 4. The molecule has 0 saturated heterocycles. The maximum absolute atomic E-state index is 10.9. The van der Waals surface area contributed by atoms with Gasteiger partial charge in [0, 0.05) is 23.3 Å². The summed E-state index contributed by atoms with van der Waals surface area (Å²) in [5, 5.41) is 28.4. The van der Waals surface area contributed by atoms with Gasteiger partial charge in [0.1, 0.15) is 23.9 Å². The van der Waals surface area contributed by atoms with Gasteiger partial charge in [0.2, 0.25) is 0 Å². The zero-order valence-electron chi connectivity index (χ0n) is 15.4. The Bertz CT molecular complexity index is 1140. The van der Waals surface area contributed by atoms with E-state index >= 15 is 0 Å². The smallest absolute Gasteiger partial charge is 0.328 e. The number of hydrogen-bond donors (Lipinski definition) is 3. The summed E-state index contributed by atoms with van der Waals surface area (Å²) in [5.74, 6) is -0.131. The molecule has 0 atom stereocenters. The summed E-state index contributed by atoms with van der Waals surface area (Å²) in [6.45, 7) is 0.297. The van der Waals surface area contributed by atoms with Crippen molar-refractivity contribution in [2.24, 2.45) is 0 Å². The van der Waals surface area contributed by atoms with Crippen molar-refractivity contribution >= 4 is 23.2 Å². The molecule has 0 aliphatic carbocycles. The largest absolute Gasteiger partial charge is 0.508 e. The number of carbonyl (C=O) groups is 1. The Morgan fingerprint density at radius 1 is 0.897 bits per heavy atom. The van der Waals surface area contributed by atoms with Crippen LogP contribution in [0.15, 0.2) is 72.8 Å². The van der Waals surface area contributed by atoms with E-state index in [1.807, 2.05) is 36.4 Å². The van der Waals surface area contributed by atoms with Crippen LogP contribution in [0.4, 0.5) is 0 Å². The highest BCUT2D eigenvalue weighted by Crippen LogP contribution is 2.42. The Labute approximate surface area is 167 Å². The van der Waals surface area contributed by atoms with E-state index in [1.54, 1.807) is 36.4 Å². The first-order chi connectivity index (χ1) is 14.0. The maximum atomic E-state index is 10.9. The van der Waals surface area contributed by atoms with Crippen LogP contribution in [0, 0.1) is 0 Å². The van der Waals surface area contributed by atoms with Gasteiger partial charge in [0.15, 0.2) is 0 Å². The quantitative estimate of drug-likeness (QED) is 0.573. The summed E-state index contributed by atoms with van der Waals surface area (Å²) in [7, 11) is 0. The van der Waals surface area contributed by atoms with Crippen molar-refractivity contribution in [2.45, 2.75) is 0 Å². The number of carboxylic acids is 1. The molecule has 0 aromatic heterocycles. The van der Waals surface area contributed by atoms with Crippen molar-refractivity contribution < 1.29 is 24.9 Å². The first kappa shape index (κ1) is 18.4.